The molecule has 0 heterocycles. The summed E-state index contributed by atoms with van der Waals surface area (Å²) in [6, 6.07) is 0. The van der Waals surface area contributed by atoms with Crippen molar-refractivity contribution in [2.75, 3.05) is 19.6 Å². The summed E-state index contributed by atoms with van der Waals surface area (Å²) in [5, 5.41) is 11.4. The number of nitrogens with two attached hydrogens (primary N) is 1. The molecule has 18 heavy (non-hydrogen) atoms. The summed E-state index contributed by atoms with van der Waals surface area (Å²) in [4.78, 5) is 0. The molecule has 4 N–H and O–H groups in total. The molecule has 108 valence electrons. The number of rotatable bonds is 8. The zero-order valence-corrected chi connectivity index (χ0v) is 12.2. The van der Waals surface area contributed by atoms with Crippen LogP contribution < -0.4 is 10.5 Å². The first kappa shape index (κ1) is 17.1. The fourth-order valence-electron chi connectivity index (χ4n) is 1.26. The van der Waals surface area contributed by atoms with E-state index in [-0.39, 0.29) is 24.2 Å². The Morgan fingerprint density at radius 1 is 1.44 bits per heavy atom. The summed E-state index contributed by atoms with van der Waals surface area (Å²) in [5.74, 6) is -0.0851. The van der Waals surface area contributed by atoms with E-state index in [4.69, 9.17) is 10.9 Å². The van der Waals surface area contributed by atoms with E-state index < -0.39 is 10.2 Å². The van der Waals surface area contributed by atoms with Crippen molar-refractivity contribution in [3.8, 4) is 0 Å². The van der Waals surface area contributed by atoms with Crippen molar-refractivity contribution in [1.29, 1.82) is 0 Å². The molecule has 0 aromatic rings. The van der Waals surface area contributed by atoms with Gasteiger partial charge in [0.1, 0.15) is 5.84 Å². The van der Waals surface area contributed by atoms with Crippen molar-refractivity contribution in [1.82, 2.24) is 9.03 Å². The van der Waals surface area contributed by atoms with Crippen LogP contribution in [0.1, 0.15) is 27.7 Å². The highest BCUT2D eigenvalue weighted by atomic mass is 32.2. The molecular weight excluding hydrogens is 256 g/mol. The zero-order valence-electron chi connectivity index (χ0n) is 11.4. The third-order valence-electron chi connectivity index (χ3n) is 2.46. The average Bonchev–Trinajstić information content (AvgIpc) is 2.31. The topological polar surface area (TPSA) is 108 Å². The summed E-state index contributed by atoms with van der Waals surface area (Å²) in [6.45, 7) is 8.20. The first-order valence-corrected chi connectivity index (χ1v) is 7.40. The zero-order chi connectivity index (χ0) is 14.3. The Balaban J connectivity index is 4.66. The molecule has 0 amide bonds. The Morgan fingerprint density at radius 2 is 2.00 bits per heavy atom. The van der Waals surface area contributed by atoms with E-state index in [0.29, 0.717) is 13.1 Å². The third kappa shape index (κ3) is 5.65. The Kier molecular flexibility index (Phi) is 7.19. The Bertz CT molecular complexity index is 367. The van der Waals surface area contributed by atoms with Gasteiger partial charge < -0.3 is 10.9 Å². The second-order valence-electron chi connectivity index (χ2n) is 4.62. The molecule has 0 rings (SSSR count). The van der Waals surface area contributed by atoms with Gasteiger partial charge in [0.15, 0.2) is 0 Å². The Morgan fingerprint density at radius 3 is 2.39 bits per heavy atom. The molecule has 1 atom stereocenters. The van der Waals surface area contributed by atoms with Crippen LogP contribution in [0, 0.1) is 11.8 Å². The predicted molar refractivity (Wildman–Crippen MR) is 71.6 cm³/mol. The van der Waals surface area contributed by atoms with Gasteiger partial charge in [-0.3, -0.25) is 0 Å². The van der Waals surface area contributed by atoms with Crippen LogP contribution in [-0.4, -0.2) is 43.4 Å². The largest absolute Gasteiger partial charge is 0.409 e. The molecule has 0 spiro atoms. The van der Waals surface area contributed by atoms with Crippen LogP contribution in [0.3, 0.4) is 0 Å². The minimum atomic E-state index is -3.51. The van der Waals surface area contributed by atoms with Crippen molar-refractivity contribution in [2.24, 2.45) is 22.7 Å². The van der Waals surface area contributed by atoms with Gasteiger partial charge in [-0.25, -0.2) is 4.72 Å². The first-order chi connectivity index (χ1) is 8.24. The summed E-state index contributed by atoms with van der Waals surface area (Å²) in [7, 11) is -3.51. The van der Waals surface area contributed by atoms with Crippen LogP contribution in [0.2, 0.25) is 0 Å². The van der Waals surface area contributed by atoms with Gasteiger partial charge in [0.2, 0.25) is 0 Å². The molecule has 0 radical (unpaired) electrons. The standard InChI is InChI=1S/C10H24N4O3S/c1-5-14(7-9(4)10(11)13-15)18(16,17)12-6-8(2)3/h8-9,12,15H,5-7H2,1-4H3,(H2,11,13). The summed E-state index contributed by atoms with van der Waals surface area (Å²) < 4.78 is 27.8. The van der Waals surface area contributed by atoms with Gasteiger partial charge in [0.05, 0.1) is 0 Å². The van der Waals surface area contributed by atoms with E-state index >= 15 is 0 Å². The fourth-order valence-corrected chi connectivity index (χ4v) is 2.74. The van der Waals surface area contributed by atoms with Crippen molar-refractivity contribution in [3.63, 3.8) is 0 Å². The van der Waals surface area contributed by atoms with E-state index in [2.05, 4.69) is 9.88 Å². The normalized spacial score (nSPS) is 15.3. The average molecular weight is 280 g/mol. The van der Waals surface area contributed by atoms with Crippen molar-refractivity contribution >= 4 is 16.0 Å². The van der Waals surface area contributed by atoms with E-state index in [0.717, 1.165) is 0 Å². The minimum Gasteiger partial charge on any atom is -0.409 e. The molecule has 0 fully saturated rings. The number of hydrogen-bond acceptors (Lipinski definition) is 4. The quantitative estimate of drug-likeness (QED) is 0.255. The summed E-state index contributed by atoms with van der Waals surface area (Å²) >= 11 is 0. The molecule has 1 unspecified atom stereocenters. The highest BCUT2D eigenvalue weighted by molar-refractivity contribution is 7.87. The predicted octanol–water partition coefficient (Wildman–Crippen LogP) is 0.181. The number of nitrogens with one attached hydrogen (secondary N) is 1. The smallest absolute Gasteiger partial charge is 0.279 e. The van der Waals surface area contributed by atoms with Crippen LogP contribution in [0.15, 0.2) is 5.16 Å². The van der Waals surface area contributed by atoms with E-state index in [1.807, 2.05) is 13.8 Å². The number of amidine groups is 1. The monoisotopic (exact) mass is 280 g/mol. The Labute approximate surface area is 109 Å². The first-order valence-electron chi connectivity index (χ1n) is 5.96. The maximum Gasteiger partial charge on any atom is 0.279 e. The second kappa shape index (κ2) is 7.55. The SMILES string of the molecule is CCN(CC(C)C(N)=NO)S(=O)(=O)NCC(C)C. The fraction of sp³-hybridized carbons (Fsp3) is 0.900. The summed E-state index contributed by atoms with van der Waals surface area (Å²) in [5.41, 5.74) is 5.44. The molecule has 0 aliphatic rings. The lowest BCUT2D eigenvalue weighted by Crippen LogP contribution is -2.45. The molecular formula is C10H24N4O3S. The highest BCUT2D eigenvalue weighted by Gasteiger charge is 2.23. The molecule has 8 heteroatoms. The number of oxime groups is 1. The van der Waals surface area contributed by atoms with Gasteiger partial charge in [-0.2, -0.15) is 12.7 Å². The van der Waals surface area contributed by atoms with Gasteiger partial charge >= 0.3 is 0 Å². The third-order valence-corrected chi connectivity index (χ3v) is 4.08. The lowest BCUT2D eigenvalue weighted by molar-refractivity contribution is 0.311. The van der Waals surface area contributed by atoms with Crippen molar-refractivity contribution in [2.45, 2.75) is 27.7 Å². The molecule has 0 saturated heterocycles. The van der Waals surface area contributed by atoms with Crippen LogP contribution in [0.5, 0.6) is 0 Å². The van der Waals surface area contributed by atoms with Gasteiger partial charge in [-0.05, 0) is 5.92 Å². The maximum atomic E-state index is 12.0. The van der Waals surface area contributed by atoms with E-state index in [9.17, 15) is 8.42 Å². The summed E-state index contributed by atoms with van der Waals surface area (Å²) in [6.07, 6.45) is 0. The molecule has 0 aliphatic heterocycles. The van der Waals surface area contributed by atoms with Gasteiger partial charge in [-0.15, -0.1) is 0 Å². The Hall–Kier alpha value is -0.860. The molecule has 7 nitrogen and oxygen atoms in total. The van der Waals surface area contributed by atoms with E-state index in [1.54, 1.807) is 13.8 Å². The van der Waals surface area contributed by atoms with Crippen molar-refractivity contribution < 1.29 is 13.6 Å². The van der Waals surface area contributed by atoms with Crippen LogP contribution in [0.4, 0.5) is 0 Å². The minimum absolute atomic E-state index is 0.0208. The molecule has 0 aromatic carbocycles. The van der Waals surface area contributed by atoms with Gasteiger partial charge in [0.25, 0.3) is 10.2 Å². The van der Waals surface area contributed by atoms with Gasteiger partial charge in [0, 0.05) is 25.6 Å². The lowest BCUT2D eigenvalue weighted by Gasteiger charge is -2.24. The molecule has 0 saturated carbocycles. The molecule has 0 aromatic heterocycles. The van der Waals surface area contributed by atoms with E-state index in [1.165, 1.54) is 4.31 Å². The highest BCUT2D eigenvalue weighted by Crippen LogP contribution is 2.05. The molecule has 0 bridgehead atoms. The lowest BCUT2D eigenvalue weighted by atomic mass is 10.1. The van der Waals surface area contributed by atoms with Crippen LogP contribution in [-0.2, 0) is 10.2 Å². The van der Waals surface area contributed by atoms with Gasteiger partial charge in [-0.1, -0.05) is 32.9 Å². The maximum absolute atomic E-state index is 12.0. The van der Waals surface area contributed by atoms with Crippen LogP contribution in [0.25, 0.3) is 0 Å². The van der Waals surface area contributed by atoms with Crippen molar-refractivity contribution in [3.05, 3.63) is 0 Å². The number of nitrogens with zero attached hydrogens (tertiary/aromatic N) is 2. The number of hydrogen-bond donors (Lipinski definition) is 3. The molecule has 0 aliphatic carbocycles. The van der Waals surface area contributed by atoms with Crippen LogP contribution >= 0.6 is 0 Å². The second-order valence-corrected chi connectivity index (χ2v) is 6.38.